The topological polar surface area (TPSA) is 94.8 Å². The molecule has 0 aromatic carbocycles. The highest BCUT2D eigenvalue weighted by Crippen LogP contribution is 2.36. The third kappa shape index (κ3) is 4.23. The molecule has 7 nitrogen and oxygen atoms in total. The van der Waals surface area contributed by atoms with Crippen LogP contribution in [-0.4, -0.2) is 31.1 Å². The van der Waals surface area contributed by atoms with Crippen molar-refractivity contribution in [3.05, 3.63) is 29.3 Å². The number of thiophene rings is 1. The molecule has 0 aliphatic heterocycles. The molecule has 2 heterocycles. The molecule has 2 rings (SSSR count). The SMILES string of the molecule is CCOC(=O)c1c(-c2ccco2)csc1NC(=O)COC(=O)CC. The van der Waals surface area contributed by atoms with Crippen molar-refractivity contribution in [1.82, 2.24) is 0 Å². The summed E-state index contributed by atoms with van der Waals surface area (Å²) < 4.78 is 15.1. The van der Waals surface area contributed by atoms with Gasteiger partial charge in [0.2, 0.25) is 0 Å². The van der Waals surface area contributed by atoms with Gasteiger partial charge in [-0.3, -0.25) is 9.59 Å². The zero-order valence-electron chi connectivity index (χ0n) is 13.3. The number of rotatable bonds is 7. The fraction of sp³-hybridized carbons (Fsp3) is 0.312. The van der Waals surface area contributed by atoms with Gasteiger partial charge in [-0.2, -0.15) is 0 Å². The molecular formula is C16H17NO6S. The zero-order chi connectivity index (χ0) is 17.5. The zero-order valence-corrected chi connectivity index (χ0v) is 14.1. The summed E-state index contributed by atoms with van der Waals surface area (Å²) in [5.41, 5.74) is 0.747. The third-order valence-corrected chi connectivity index (χ3v) is 3.86. The van der Waals surface area contributed by atoms with Crippen molar-refractivity contribution in [2.24, 2.45) is 0 Å². The Morgan fingerprint density at radius 2 is 2.04 bits per heavy atom. The smallest absolute Gasteiger partial charge is 0.341 e. The summed E-state index contributed by atoms with van der Waals surface area (Å²) in [4.78, 5) is 35.2. The Hall–Kier alpha value is -2.61. The van der Waals surface area contributed by atoms with Crippen LogP contribution in [0.25, 0.3) is 11.3 Å². The molecule has 8 heteroatoms. The lowest BCUT2D eigenvalue weighted by atomic mass is 10.1. The van der Waals surface area contributed by atoms with Crippen LogP contribution in [0.15, 0.2) is 28.2 Å². The van der Waals surface area contributed by atoms with Crippen molar-refractivity contribution >= 4 is 34.2 Å². The Morgan fingerprint density at radius 1 is 1.25 bits per heavy atom. The lowest BCUT2D eigenvalue weighted by Crippen LogP contribution is -2.21. The molecule has 0 bridgehead atoms. The number of nitrogens with one attached hydrogen (secondary N) is 1. The van der Waals surface area contributed by atoms with Gasteiger partial charge in [0.1, 0.15) is 16.3 Å². The maximum Gasteiger partial charge on any atom is 0.341 e. The summed E-state index contributed by atoms with van der Waals surface area (Å²) in [6.45, 7) is 3.12. The fourth-order valence-corrected chi connectivity index (χ4v) is 2.83. The summed E-state index contributed by atoms with van der Waals surface area (Å²) in [6, 6.07) is 3.41. The van der Waals surface area contributed by atoms with E-state index in [0.717, 1.165) is 11.3 Å². The number of furan rings is 1. The molecule has 128 valence electrons. The van der Waals surface area contributed by atoms with E-state index in [4.69, 9.17) is 13.9 Å². The largest absolute Gasteiger partial charge is 0.464 e. The van der Waals surface area contributed by atoms with Crippen LogP contribution in [0.5, 0.6) is 0 Å². The Bertz CT molecular complexity index is 719. The van der Waals surface area contributed by atoms with Crippen molar-refractivity contribution < 1.29 is 28.3 Å². The van der Waals surface area contributed by atoms with Crippen LogP contribution >= 0.6 is 11.3 Å². The van der Waals surface area contributed by atoms with Crippen molar-refractivity contribution in [3.63, 3.8) is 0 Å². The maximum atomic E-state index is 12.2. The second kappa shape index (κ2) is 8.30. The highest BCUT2D eigenvalue weighted by Gasteiger charge is 2.24. The average Bonchev–Trinajstić information content (AvgIpc) is 3.21. The van der Waals surface area contributed by atoms with E-state index in [-0.39, 0.29) is 18.6 Å². The van der Waals surface area contributed by atoms with E-state index in [0.29, 0.717) is 16.3 Å². The van der Waals surface area contributed by atoms with Gasteiger partial charge < -0.3 is 19.2 Å². The molecule has 24 heavy (non-hydrogen) atoms. The van der Waals surface area contributed by atoms with Gasteiger partial charge in [0.15, 0.2) is 6.61 Å². The first-order valence-electron chi connectivity index (χ1n) is 7.34. The minimum Gasteiger partial charge on any atom is -0.464 e. The summed E-state index contributed by atoms with van der Waals surface area (Å²) in [7, 11) is 0. The molecule has 0 fully saturated rings. The van der Waals surface area contributed by atoms with Crippen LogP contribution in [0.1, 0.15) is 30.6 Å². The molecule has 0 saturated carbocycles. The Balaban J connectivity index is 2.21. The maximum absolute atomic E-state index is 12.2. The predicted octanol–water partition coefficient (Wildman–Crippen LogP) is 3.08. The summed E-state index contributed by atoms with van der Waals surface area (Å²) in [5, 5.41) is 4.58. The van der Waals surface area contributed by atoms with Gasteiger partial charge in [0, 0.05) is 17.4 Å². The van der Waals surface area contributed by atoms with E-state index in [9.17, 15) is 14.4 Å². The van der Waals surface area contributed by atoms with Gasteiger partial charge in [0.25, 0.3) is 5.91 Å². The minimum atomic E-state index is -0.564. The molecular weight excluding hydrogens is 334 g/mol. The van der Waals surface area contributed by atoms with E-state index < -0.39 is 24.5 Å². The summed E-state index contributed by atoms with van der Waals surface area (Å²) >= 11 is 1.16. The molecule has 0 saturated heterocycles. The van der Waals surface area contributed by atoms with Gasteiger partial charge >= 0.3 is 11.9 Å². The van der Waals surface area contributed by atoms with Gasteiger partial charge in [0.05, 0.1) is 12.9 Å². The molecule has 0 unspecified atom stereocenters. The van der Waals surface area contributed by atoms with E-state index in [2.05, 4.69) is 5.32 Å². The van der Waals surface area contributed by atoms with E-state index >= 15 is 0 Å². The molecule has 0 spiro atoms. The third-order valence-electron chi connectivity index (χ3n) is 2.96. The first-order valence-corrected chi connectivity index (χ1v) is 8.22. The Labute approximate surface area is 142 Å². The number of carbonyl (C=O) groups excluding carboxylic acids is 3. The van der Waals surface area contributed by atoms with Crippen molar-refractivity contribution in [2.45, 2.75) is 20.3 Å². The standard InChI is InChI=1S/C16H17NO6S/c1-3-13(19)23-8-12(18)17-15-14(16(20)21-4-2)10(9-24-15)11-6-5-7-22-11/h5-7,9H,3-4,8H2,1-2H3,(H,17,18). The number of hydrogen-bond donors (Lipinski definition) is 1. The van der Waals surface area contributed by atoms with Crippen LogP contribution in [0.4, 0.5) is 5.00 Å². The Kier molecular flexibility index (Phi) is 6.14. The predicted molar refractivity (Wildman–Crippen MR) is 87.9 cm³/mol. The second-order valence-electron chi connectivity index (χ2n) is 4.61. The molecule has 2 aromatic rings. The first kappa shape index (κ1) is 17.7. The number of amides is 1. The lowest BCUT2D eigenvalue weighted by molar-refractivity contribution is -0.146. The molecule has 0 atom stereocenters. The normalized spacial score (nSPS) is 10.2. The second-order valence-corrected chi connectivity index (χ2v) is 5.49. The molecule has 0 radical (unpaired) electrons. The lowest BCUT2D eigenvalue weighted by Gasteiger charge is -2.08. The van der Waals surface area contributed by atoms with Gasteiger partial charge in [-0.05, 0) is 19.1 Å². The highest BCUT2D eigenvalue weighted by molar-refractivity contribution is 7.15. The summed E-state index contributed by atoms with van der Waals surface area (Å²) in [5.74, 6) is -1.08. The van der Waals surface area contributed by atoms with Crippen molar-refractivity contribution in [2.75, 3.05) is 18.5 Å². The molecule has 0 aliphatic rings. The number of ether oxygens (including phenoxy) is 2. The van der Waals surface area contributed by atoms with Crippen LogP contribution in [0, 0.1) is 0 Å². The number of anilines is 1. The molecule has 1 N–H and O–H groups in total. The van der Waals surface area contributed by atoms with E-state index in [1.54, 1.807) is 31.4 Å². The minimum absolute atomic E-state index is 0.184. The quantitative estimate of drug-likeness (QED) is 0.770. The number of esters is 2. The van der Waals surface area contributed by atoms with Crippen LogP contribution in [0.2, 0.25) is 0 Å². The summed E-state index contributed by atoms with van der Waals surface area (Å²) in [6.07, 6.45) is 1.67. The van der Waals surface area contributed by atoms with E-state index in [1.807, 2.05) is 0 Å². The van der Waals surface area contributed by atoms with Crippen LogP contribution in [-0.2, 0) is 19.1 Å². The van der Waals surface area contributed by atoms with Gasteiger partial charge in [-0.15, -0.1) is 11.3 Å². The first-order chi connectivity index (χ1) is 11.6. The van der Waals surface area contributed by atoms with Gasteiger partial charge in [-0.1, -0.05) is 6.92 Å². The van der Waals surface area contributed by atoms with Crippen molar-refractivity contribution in [3.8, 4) is 11.3 Å². The fourth-order valence-electron chi connectivity index (χ4n) is 1.88. The monoisotopic (exact) mass is 351 g/mol. The molecule has 0 aliphatic carbocycles. The van der Waals surface area contributed by atoms with Crippen molar-refractivity contribution in [1.29, 1.82) is 0 Å². The van der Waals surface area contributed by atoms with E-state index in [1.165, 1.54) is 6.26 Å². The highest BCUT2D eigenvalue weighted by atomic mass is 32.1. The number of hydrogen-bond acceptors (Lipinski definition) is 7. The Morgan fingerprint density at radius 3 is 2.67 bits per heavy atom. The molecule has 1 amide bonds. The average molecular weight is 351 g/mol. The molecule has 2 aromatic heterocycles. The van der Waals surface area contributed by atoms with Gasteiger partial charge in [-0.25, -0.2) is 4.79 Å². The van der Waals surface area contributed by atoms with Crippen LogP contribution in [0.3, 0.4) is 0 Å². The number of carbonyl (C=O) groups is 3. The van der Waals surface area contributed by atoms with Crippen LogP contribution < -0.4 is 5.32 Å².